The average Bonchev–Trinajstić information content (AvgIpc) is 3.47. The maximum atomic E-state index is 12.2. The van der Waals surface area contributed by atoms with E-state index in [-0.39, 0.29) is 12.5 Å². The van der Waals surface area contributed by atoms with Gasteiger partial charge in [-0.3, -0.25) is 9.48 Å². The summed E-state index contributed by atoms with van der Waals surface area (Å²) in [5.41, 5.74) is 5.26. The van der Waals surface area contributed by atoms with E-state index in [2.05, 4.69) is 10.6 Å². The minimum Gasteiger partial charge on any atom is -0.494 e. The molecular formula is C26H30N4O4. The zero-order valence-corrected chi connectivity index (χ0v) is 19.8. The molecule has 1 aromatic heterocycles. The van der Waals surface area contributed by atoms with E-state index in [9.17, 15) is 4.79 Å². The second-order valence-electron chi connectivity index (χ2n) is 8.58. The van der Waals surface area contributed by atoms with Crippen molar-refractivity contribution in [2.24, 2.45) is 7.05 Å². The largest absolute Gasteiger partial charge is 0.494 e. The summed E-state index contributed by atoms with van der Waals surface area (Å²) >= 11 is 0. The zero-order valence-electron chi connectivity index (χ0n) is 19.8. The molecule has 0 bridgehead atoms. The van der Waals surface area contributed by atoms with Gasteiger partial charge in [0.15, 0.2) is 23.9 Å². The van der Waals surface area contributed by atoms with Crippen molar-refractivity contribution in [3.63, 3.8) is 0 Å². The van der Waals surface area contributed by atoms with Gasteiger partial charge in [0, 0.05) is 42.4 Å². The van der Waals surface area contributed by atoms with E-state index in [4.69, 9.17) is 19.3 Å². The molecule has 0 unspecified atom stereocenters. The molecule has 0 atom stereocenters. The van der Waals surface area contributed by atoms with E-state index in [1.54, 1.807) is 0 Å². The van der Waals surface area contributed by atoms with Crippen molar-refractivity contribution in [3.05, 3.63) is 47.5 Å². The van der Waals surface area contributed by atoms with Crippen molar-refractivity contribution >= 4 is 17.4 Å². The molecule has 2 aliphatic carbocycles. The van der Waals surface area contributed by atoms with Crippen LogP contribution in [0.2, 0.25) is 0 Å². The van der Waals surface area contributed by atoms with Gasteiger partial charge in [0.1, 0.15) is 5.75 Å². The Hall–Kier alpha value is -3.68. The van der Waals surface area contributed by atoms with Gasteiger partial charge in [-0.2, -0.15) is 5.10 Å². The number of nitrogens with one attached hydrogen (secondary N) is 2. The lowest BCUT2D eigenvalue weighted by Crippen LogP contribution is -2.30. The number of carbonyl (C=O) groups excluding carboxylic acids is 1. The molecule has 0 aliphatic heterocycles. The first-order valence-electron chi connectivity index (χ1n) is 11.8. The van der Waals surface area contributed by atoms with Crippen LogP contribution >= 0.6 is 0 Å². The molecule has 3 aromatic rings. The smallest absolute Gasteiger partial charge is 0.258 e. The number of hydrogen-bond acceptors (Lipinski definition) is 6. The fourth-order valence-corrected chi connectivity index (χ4v) is 4.32. The Balaban J connectivity index is 1.41. The number of anilines is 2. The number of amides is 1. The third-order valence-electron chi connectivity index (χ3n) is 5.95. The van der Waals surface area contributed by atoms with Gasteiger partial charge in [-0.05, 0) is 56.5 Å². The third-order valence-corrected chi connectivity index (χ3v) is 5.95. The molecule has 2 aliphatic rings. The summed E-state index contributed by atoms with van der Waals surface area (Å²) in [6.45, 7) is 5.01. The first-order chi connectivity index (χ1) is 16.6. The second-order valence-corrected chi connectivity index (χ2v) is 8.58. The molecule has 8 heteroatoms. The molecule has 1 amide bonds. The number of carbonyl (C=O) groups is 1. The number of nitrogens with zero attached hydrogens (tertiary/aromatic N) is 2. The van der Waals surface area contributed by atoms with Gasteiger partial charge in [0.2, 0.25) is 0 Å². The van der Waals surface area contributed by atoms with E-state index in [1.165, 1.54) is 0 Å². The van der Waals surface area contributed by atoms with E-state index < -0.39 is 0 Å². The summed E-state index contributed by atoms with van der Waals surface area (Å²) in [5, 5.41) is 11.1. The second kappa shape index (κ2) is 9.29. The molecule has 2 aromatic carbocycles. The highest BCUT2D eigenvalue weighted by atomic mass is 16.5. The standard InChI is InChI=1S/C26H30N4O4/c1-4-32-19-8-6-7-18(13-19)28-26-21-11-16-12-22(33-5-2)23(14-20(16)25(21)30(3)29-26)34-15-24(31)27-17-9-10-17/h6-8,12-14,17H,4-5,9-11,15H2,1-3H3,(H,27,31)(H,28,29). The maximum absolute atomic E-state index is 12.2. The lowest BCUT2D eigenvalue weighted by molar-refractivity contribution is -0.123. The Bertz CT molecular complexity index is 1220. The molecule has 178 valence electrons. The molecule has 1 heterocycles. The van der Waals surface area contributed by atoms with Crippen molar-refractivity contribution in [1.82, 2.24) is 15.1 Å². The van der Waals surface area contributed by atoms with Crippen LogP contribution in [-0.2, 0) is 18.3 Å². The molecule has 0 spiro atoms. The van der Waals surface area contributed by atoms with Crippen LogP contribution in [0.25, 0.3) is 11.3 Å². The normalized spacial score (nSPS) is 13.7. The predicted octanol–water partition coefficient (Wildman–Crippen LogP) is 4.19. The summed E-state index contributed by atoms with van der Waals surface area (Å²) in [6, 6.07) is 12.2. The van der Waals surface area contributed by atoms with Gasteiger partial charge in [-0.1, -0.05) is 6.07 Å². The average molecular weight is 463 g/mol. The molecule has 34 heavy (non-hydrogen) atoms. The minimum atomic E-state index is -0.104. The van der Waals surface area contributed by atoms with Crippen LogP contribution in [0, 0.1) is 0 Å². The first kappa shape index (κ1) is 22.1. The van der Waals surface area contributed by atoms with E-state index in [1.807, 2.05) is 62.0 Å². The van der Waals surface area contributed by atoms with Crippen molar-refractivity contribution < 1.29 is 19.0 Å². The Morgan fingerprint density at radius 3 is 2.65 bits per heavy atom. The highest BCUT2D eigenvalue weighted by molar-refractivity contribution is 5.83. The first-order valence-corrected chi connectivity index (χ1v) is 11.8. The Kier molecular flexibility index (Phi) is 6.04. The molecular weight excluding hydrogens is 432 g/mol. The molecule has 1 fully saturated rings. The topological polar surface area (TPSA) is 86.6 Å². The highest BCUT2D eigenvalue weighted by Crippen LogP contribution is 2.45. The predicted molar refractivity (Wildman–Crippen MR) is 130 cm³/mol. The Morgan fingerprint density at radius 2 is 1.88 bits per heavy atom. The SMILES string of the molecule is CCOc1cccc(Nc2nn(C)c3c2Cc2cc(OCC)c(OCC(=O)NC4CC4)cc2-3)c1. The number of aryl methyl sites for hydroxylation is 1. The van der Waals surface area contributed by atoms with Crippen LogP contribution in [0.5, 0.6) is 17.2 Å². The lowest BCUT2D eigenvalue weighted by atomic mass is 10.1. The van der Waals surface area contributed by atoms with Gasteiger partial charge >= 0.3 is 0 Å². The van der Waals surface area contributed by atoms with Crippen LogP contribution in [0.15, 0.2) is 36.4 Å². The van der Waals surface area contributed by atoms with Crippen LogP contribution < -0.4 is 24.8 Å². The third kappa shape index (κ3) is 4.53. The summed E-state index contributed by atoms with van der Waals surface area (Å²) in [7, 11) is 1.94. The summed E-state index contributed by atoms with van der Waals surface area (Å²) < 4.78 is 19.3. The van der Waals surface area contributed by atoms with Gasteiger partial charge in [-0.15, -0.1) is 0 Å². The molecule has 8 nitrogen and oxygen atoms in total. The van der Waals surface area contributed by atoms with Crippen LogP contribution in [0.3, 0.4) is 0 Å². The van der Waals surface area contributed by atoms with Crippen molar-refractivity contribution in [3.8, 4) is 28.5 Å². The van der Waals surface area contributed by atoms with Crippen molar-refractivity contribution in [2.45, 2.75) is 39.2 Å². The molecule has 2 N–H and O–H groups in total. The maximum Gasteiger partial charge on any atom is 0.258 e. The van der Waals surface area contributed by atoms with Gasteiger partial charge < -0.3 is 24.8 Å². The Labute approximate surface area is 199 Å². The van der Waals surface area contributed by atoms with Crippen LogP contribution in [0.4, 0.5) is 11.5 Å². The number of fused-ring (bicyclic) bond motifs is 3. The van der Waals surface area contributed by atoms with Crippen LogP contribution in [-0.4, -0.2) is 41.6 Å². The fraction of sp³-hybridized carbons (Fsp3) is 0.385. The number of ether oxygens (including phenoxy) is 3. The van der Waals surface area contributed by atoms with E-state index in [0.29, 0.717) is 30.8 Å². The summed E-state index contributed by atoms with van der Waals surface area (Å²) in [6.07, 6.45) is 2.82. The summed E-state index contributed by atoms with van der Waals surface area (Å²) in [5.74, 6) is 2.75. The number of benzene rings is 2. The highest BCUT2D eigenvalue weighted by Gasteiger charge is 2.29. The van der Waals surface area contributed by atoms with Gasteiger partial charge in [0.25, 0.3) is 5.91 Å². The van der Waals surface area contributed by atoms with E-state index >= 15 is 0 Å². The molecule has 0 saturated heterocycles. The Morgan fingerprint density at radius 1 is 1.09 bits per heavy atom. The van der Waals surface area contributed by atoms with Gasteiger partial charge in [-0.25, -0.2) is 0 Å². The number of hydrogen-bond donors (Lipinski definition) is 2. The molecule has 0 radical (unpaired) electrons. The molecule has 1 saturated carbocycles. The monoisotopic (exact) mass is 462 g/mol. The fourth-order valence-electron chi connectivity index (χ4n) is 4.32. The van der Waals surface area contributed by atoms with Crippen LogP contribution in [0.1, 0.15) is 37.8 Å². The lowest BCUT2D eigenvalue weighted by Gasteiger charge is -2.14. The number of rotatable bonds is 10. The van der Waals surface area contributed by atoms with Gasteiger partial charge in [0.05, 0.1) is 18.9 Å². The van der Waals surface area contributed by atoms with Crippen molar-refractivity contribution in [1.29, 1.82) is 0 Å². The van der Waals surface area contributed by atoms with E-state index in [0.717, 1.165) is 58.9 Å². The minimum absolute atomic E-state index is 0.0312. The van der Waals surface area contributed by atoms with Crippen molar-refractivity contribution in [2.75, 3.05) is 25.1 Å². The summed E-state index contributed by atoms with van der Waals surface area (Å²) in [4.78, 5) is 12.2. The zero-order chi connectivity index (χ0) is 23.7. The number of aromatic nitrogens is 2. The molecule has 5 rings (SSSR count). The quantitative estimate of drug-likeness (QED) is 0.368.